The molecule has 26 heavy (non-hydrogen) atoms. The van der Waals surface area contributed by atoms with Crippen LogP contribution in [0.15, 0.2) is 18.5 Å². The Labute approximate surface area is 149 Å². The van der Waals surface area contributed by atoms with Gasteiger partial charge in [0.25, 0.3) is 0 Å². The van der Waals surface area contributed by atoms with Crippen LogP contribution in [0.5, 0.6) is 0 Å². The van der Waals surface area contributed by atoms with Gasteiger partial charge in [0, 0.05) is 38.9 Å². The molecule has 0 aromatic carbocycles. The summed E-state index contributed by atoms with van der Waals surface area (Å²) in [6.07, 6.45) is -3.59. The summed E-state index contributed by atoms with van der Waals surface area (Å²) in [7, 11) is 0. The second kappa shape index (κ2) is 7.67. The zero-order valence-electron chi connectivity index (χ0n) is 14.3. The molecule has 1 aromatic heterocycles. The molecule has 0 radical (unpaired) electrons. The molecule has 2 aliphatic rings. The van der Waals surface area contributed by atoms with Crippen molar-refractivity contribution >= 4 is 5.69 Å². The van der Waals surface area contributed by atoms with E-state index in [4.69, 9.17) is 0 Å². The zero-order chi connectivity index (χ0) is 18.9. The predicted octanol–water partition coefficient (Wildman–Crippen LogP) is 0.715. The molecule has 2 saturated heterocycles. The maximum absolute atomic E-state index is 13.3. The molecule has 0 aliphatic carbocycles. The minimum atomic E-state index is -4.43. The lowest BCUT2D eigenvalue weighted by Crippen LogP contribution is -2.56. The van der Waals surface area contributed by atoms with E-state index >= 15 is 0 Å². The number of aliphatic hydroxyl groups excluding tert-OH is 3. The number of halogens is 3. The minimum absolute atomic E-state index is 0.0961. The summed E-state index contributed by atoms with van der Waals surface area (Å²) in [5.74, 6) is 0.111. The van der Waals surface area contributed by atoms with Crippen LogP contribution >= 0.6 is 0 Å². The molecule has 3 heterocycles. The van der Waals surface area contributed by atoms with Crippen LogP contribution < -0.4 is 4.90 Å². The van der Waals surface area contributed by atoms with Gasteiger partial charge in [0.05, 0.1) is 29.7 Å². The molecule has 146 valence electrons. The van der Waals surface area contributed by atoms with Crippen LogP contribution in [0.1, 0.15) is 18.4 Å². The van der Waals surface area contributed by atoms with Gasteiger partial charge in [-0.3, -0.25) is 9.88 Å². The van der Waals surface area contributed by atoms with Gasteiger partial charge >= 0.3 is 6.18 Å². The second-order valence-corrected chi connectivity index (χ2v) is 7.19. The second-order valence-electron chi connectivity index (χ2n) is 7.19. The third-order valence-electron chi connectivity index (χ3n) is 5.16. The lowest BCUT2D eigenvalue weighted by Gasteiger charge is -2.41. The van der Waals surface area contributed by atoms with Crippen LogP contribution in [0.4, 0.5) is 18.9 Å². The van der Waals surface area contributed by atoms with Gasteiger partial charge in [-0.05, 0) is 24.8 Å². The summed E-state index contributed by atoms with van der Waals surface area (Å²) in [6, 6.07) is 0.998. The number of pyridine rings is 1. The van der Waals surface area contributed by atoms with E-state index in [1.165, 1.54) is 6.20 Å². The third kappa shape index (κ3) is 4.28. The molecule has 3 N–H and O–H groups in total. The molecular formula is C17H24F3N3O3. The highest BCUT2D eigenvalue weighted by Gasteiger charge is 2.37. The van der Waals surface area contributed by atoms with E-state index < -0.39 is 30.1 Å². The van der Waals surface area contributed by atoms with Crippen molar-refractivity contribution in [2.45, 2.75) is 37.3 Å². The first-order valence-corrected chi connectivity index (χ1v) is 8.78. The van der Waals surface area contributed by atoms with Gasteiger partial charge in [0.15, 0.2) is 0 Å². The first-order valence-electron chi connectivity index (χ1n) is 8.78. The van der Waals surface area contributed by atoms with E-state index in [1.807, 2.05) is 4.90 Å². The van der Waals surface area contributed by atoms with Crippen LogP contribution in [-0.4, -0.2) is 76.2 Å². The van der Waals surface area contributed by atoms with Gasteiger partial charge in [-0.15, -0.1) is 0 Å². The molecule has 1 aromatic rings. The molecule has 0 spiro atoms. The van der Waals surface area contributed by atoms with Crippen LogP contribution in [0.25, 0.3) is 0 Å². The van der Waals surface area contributed by atoms with E-state index in [1.54, 1.807) is 4.90 Å². The Morgan fingerprint density at radius 2 is 1.81 bits per heavy atom. The SMILES string of the molecule is O[C@H]1[C@H](O)CN(C[C@@H]2CCCN(c3cnccc3C(F)(F)F)C2)C[C@@H]1O. The highest BCUT2D eigenvalue weighted by molar-refractivity contribution is 5.53. The number of hydrogen-bond donors (Lipinski definition) is 3. The average molecular weight is 375 g/mol. The Bertz CT molecular complexity index is 604. The molecule has 0 unspecified atom stereocenters. The lowest BCUT2D eigenvalue weighted by atomic mass is 9.94. The molecule has 0 saturated carbocycles. The van der Waals surface area contributed by atoms with Crippen molar-refractivity contribution in [2.24, 2.45) is 5.92 Å². The monoisotopic (exact) mass is 375 g/mol. The van der Waals surface area contributed by atoms with E-state index in [0.717, 1.165) is 25.1 Å². The maximum Gasteiger partial charge on any atom is 0.418 e. The maximum atomic E-state index is 13.3. The predicted molar refractivity (Wildman–Crippen MR) is 88.6 cm³/mol. The molecule has 4 atom stereocenters. The molecular weight excluding hydrogens is 351 g/mol. The molecule has 0 bridgehead atoms. The van der Waals surface area contributed by atoms with Gasteiger partial charge in [-0.1, -0.05) is 0 Å². The van der Waals surface area contributed by atoms with E-state index in [2.05, 4.69) is 4.98 Å². The Morgan fingerprint density at radius 3 is 2.46 bits per heavy atom. The van der Waals surface area contributed by atoms with Crippen molar-refractivity contribution in [2.75, 3.05) is 37.6 Å². The molecule has 9 heteroatoms. The summed E-state index contributed by atoms with van der Waals surface area (Å²) in [5.41, 5.74) is -0.584. The standard InChI is InChI=1S/C17H24F3N3O3/c18-17(19,20)12-3-4-21-6-13(12)23-5-1-2-11(8-23)7-22-9-14(24)16(26)15(25)10-22/h3-4,6,11,14-16,24-26H,1-2,5,7-10H2/t11-,14-,15+,16+/m0/s1. The quantitative estimate of drug-likeness (QED) is 0.722. The fourth-order valence-electron chi connectivity index (χ4n) is 3.90. The van der Waals surface area contributed by atoms with Gasteiger partial charge < -0.3 is 20.2 Å². The topological polar surface area (TPSA) is 80.1 Å². The Kier molecular flexibility index (Phi) is 5.71. The summed E-state index contributed by atoms with van der Waals surface area (Å²) < 4.78 is 39.8. The first kappa shape index (κ1) is 19.3. The Balaban J connectivity index is 1.67. The number of aromatic nitrogens is 1. The van der Waals surface area contributed by atoms with E-state index in [-0.39, 0.29) is 24.7 Å². The first-order chi connectivity index (χ1) is 12.3. The Hall–Kier alpha value is -1.42. The number of nitrogens with zero attached hydrogens (tertiary/aromatic N) is 3. The summed E-state index contributed by atoms with van der Waals surface area (Å²) in [6.45, 7) is 2.04. The van der Waals surface area contributed by atoms with Gasteiger partial charge in [-0.2, -0.15) is 13.2 Å². The summed E-state index contributed by atoms with van der Waals surface area (Å²) >= 11 is 0. The van der Waals surface area contributed by atoms with Crippen molar-refractivity contribution < 1.29 is 28.5 Å². The number of aliphatic hydroxyl groups is 3. The van der Waals surface area contributed by atoms with Crippen molar-refractivity contribution in [3.05, 3.63) is 24.0 Å². The molecule has 2 fully saturated rings. The zero-order valence-corrected chi connectivity index (χ0v) is 14.3. The van der Waals surface area contributed by atoms with Crippen molar-refractivity contribution in [3.8, 4) is 0 Å². The summed E-state index contributed by atoms with van der Waals surface area (Å²) in [4.78, 5) is 7.44. The largest absolute Gasteiger partial charge is 0.418 e. The van der Waals surface area contributed by atoms with Gasteiger partial charge in [0.1, 0.15) is 6.10 Å². The van der Waals surface area contributed by atoms with Crippen molar-refractivity contribution in [3.63, 3.8) is 0 Å². The van der Waals surface area contributed by atoms with Gasteiger partial charge in [0.2, 0.25) is 0 Å². The van der Waals surface area contributed by atoms with Gasteiger partial charge in [-0.25, -0.2) is 0 Å². The number of hydrogen-bond acceptors (Lipinski definition) is 6. The number of alkyl halides is 3. The average Bonchev–Trinajstić information content (AvgIpc) is 2.59. The van der Waals surface area contributed by atoms with Crippen LogP contribution in [0.2, 0.25) is 0 Å². The molecule has 3 rings (SSSR count). The van der Waals surface area contributed by atoms with Crippen LogP contribution in [0.3, 0.4) is 0 Å². The minimum Gasteiger partial charge on any atom is -0.389 e. The highest BCUT2D eigenvalue weighted by atomic mass is 19.4. The summed E-state index contributed by atoms with van der Waals surface area (Å²) in [5, 5.41) is 29.2. The van der Waals surface area contributed by atoms with E-state index in [9.17, 15) is 28.5 Å². The number of rotatable bonds is 3. The number of likely N-dealkylation sites (tertiary alicyclic amines) is 1. The molecule has 6 nitrogen and oxygen atoms in total. The number of β-amino-alcohol motifs (C(OH)–C–C–N with tert-alkyl or cyclic N) is 2. The Morgan fingerprint density at radius 1 is 1.12 bits per heavy atom. The normalized spacial score (nSPS) is 31.2. The number of piperidine rings is 2. The third-order valence-corrected chi connectivity index (χ3v) is 5.16. The fraction of sp³-hybridized carbons (Fsp3) is 0.706. The van der Waals surface area contributed by atoms with Crippen LogP contribution in [0, 0.1) is 5.92 Å². The highest BCUT2D eigenvalue weighted by Crippen LogP contribution is 2.37. The lowest BCUT2D eigenvalue weighted by molar-refractivity contribution is -0.137. The van der Waals surface area contributed by atoms with Crippen LogP contribution in [-0.2, 0) is 6.18 Å². The van der Waals surface area contributed by atoms with Crippen molar-refractivity contribution in [1.29, 1.82) is 0 Å². The molecule has 0 amide bonds. The van der Waals surface area contributed by atoms with Crippen molar-refractivity contribution in [1.82, 2.24) is 9.88 Å². The smallest absolute Gasteiger partial charge is 0.389 e. The molecule has 2 aliphatic heterocycles. The van der Waals surface area contributed by atoms with E-state index in [0.29, 0.717) is 19.6 Å². The number of anilines is 1. The fourth-order valence-corrected chi connectivity index (χ4v) is 3.90.